The normalized spacial score (nSPS) is 10.0. The second-order valence-electron chi connectivity index (χ2n) is 4.43. The van der Waals surface area contributed by atoms with Crippen LogP contribution in [0.25, 0.3) is 0 Å². The first-order valence-electron chi connectivity index (χ1n) is 6.49. The first-order chi connectivity index (χ1) is 9.75. The van der Waals surface area contributed by atoms with Crippen LogP contribution < -0.4 is 5.32 Å². The molecule has 0 unspecified atom stereocenters. The van der Waals surface area contributed by atoms with Crippen LogP contribution >= 0.6 is 0 Å². The molecule has 20 heavy (non-hydrogen) atoms. The van der Waals surface area contributed by atoms with Crippen LogP contribution in [-0.4, -0.2) is 16.7 Å². The van der Waals surface area contributed by atoms with Gasteiger partial charge in [-0.1, -0.05) is 36.4 Å². The van der Waals surface area contributed by atoms with Crippen LogP contribution in [0, 0.1) is 0 Å². The molecule has 1 N–H and O–H groups in total. The number of pyridine rings is 1. The molecular formula is C16H16N2O2. The molecule has 0 atom stereocenters. The maximum absolute atomic E-state index is 11.8. The van der Waals surface area contributed by atoms with E-state index in [1.807, 2.05) is 30.3 Å². The first kappa shape index (κ1) is 13.9. The van der Waals surface area contributed by atoms with Gasteiger partial charge in [-0.25, -0.2) is 0 Å². The number of hydrogen-bond donors (Lipinski definition) is 1. The largest absolute Gasteiger partial charge is 0.352 e. The summed E-state index contributed by atoms with van der Waals surface area (Å²) < 4.78 is 0. The van der Waals surface area contributed by atoms with Crippen molar-refractivity contribution < 1.29 is 9.59 Å². The summed E-state index contributed by atoms with van der Waals surface area (Å²) in [6, 6.07) is 12.7. The van der Waals surface area contributed by atoms with E-state index >= 15 is 0 Å². The minimum atomic E-state index is -0.127. The molecule has 0 saturated heterocycles. The molecule has 2 rings (SSSR count). The Morgan fingerprint density at radius 1 is 1.00 bits per heavy atom. The molecule has 4 heteroatoms. The molecule has 0 radical (unpaired) electrons. The molecule has 0 fully saturated rings. The standard InChI is InChI=1S/C16H16N2O2/c19-15(14-6-2-1-3-7-14)8-9-16(20)18-12-13-5-4-10-17-11-13/h1-7,10-11H,8-9,12H2,(H,18,20). The van der Waals surface area contributed by atoms with Crippen molar-refractivity contribution in [3.63, 3.8) is 0 Å². The molecule has 102 valence electrons. The maximum atomic E-state index is 11.8. The fraction of sp³-hybridized carbons (Fsp3) is 0.188. The van der Waals surface area contributed by atoms with Gasteiger partial charge in [-0.2, -0.15) is 0 Å². The summed E-state index contributed by atoms with van der Waals surface area (Å²) in [5, 5.41) is 2.77. The average Bonchev–Trinajstić information content (AvgIpc) is 2.52. The zero-order chi connectivity index (χ0) is 14.2. The van der Waals surface area contributed by atoms with E-state index in [1.165, 1.54) is 0 Å². The smallest absolute Gasteiger partial charge is 0.220 e. The Balaban J connectivity index is 1.74. The van der Waals surface area contributed by atoms with Crippen LogP contribution in [0.2, 0.25) is 0 Å². The highest BCUT2D eigenvalue weighted by Crippen LogP contribution is 2.05. The number of benzene rings is 1. The van der Waals surface area contributed by atoms with Gasteiger partial charge in [-0.05, 0) is 11.6 Å². The van der Waals surface area contributed by atoms with E-state index in [1.54, 1.807) is 24.5 Å². The summed E-state index contributed by atoms with van der Waals surface area (Å²) in [5.74, 6) is -0.139. The lowest BCUT2D eigenvalue weighted by Gasteiger charge is -2.04. The van der Waals surface area contributed by atoms with Crippen molar-refractivity contribution in [1.29, 1.82) is 0 Å². The summed E-state index contributed by atoms with van der Waals surface area (Å²) in [6.07, 6.45) is 3.82. The number of amides is 1. The van der Waals surface area contributed by atoms with Crippen LogP contribution in [-0.2, 0) is 11.3 Å². The molecule has 0 spiro atoms. The molecule has 0 saturated carbocycles. The van der Waals surface area contributed by atoms with Gasteiger partial charge in [0.2, 0.25) is 5.91 Å². The molecule has 0 bridgehead atoms. The Morgan fingerprint density at radius 2 is 1.80 bits per heavy atom. The van der Waals surface area contributed by atoms with E-state index in [0.29, 0.717) is 12.1 Å². The second kappa shape index (κ2) is 7.19. The molecule has 0 aliphatic heterocycles. The van der Waals surface area contributed by atoms with Crippen LogP contribution in [0.3, 0.4) is 0 Å². The number of Topliss-reactive ketones (excluding diaryl/α,β-unsaturated/α-hetero) is 1. The zero-order valence-electron chi connectivity index (χ0n) is 11.1. The molecule has 1 aromatic carbocycles. The quantitative estimate of drug-likeness (QED) is 0.818. The zero-order valence-corrected chi connectivity index (χ0v) is 11.1. The molecule has 2 aromatic rings. The Kier molecular flexibility index (Phi) is 5.00. The summed E-state index contributed by atoms with van der Waals surface area (Å²) in [5.41, 5.74) is 1.59. The highest BCUT2D eigenvalue weighted by atomic mass is 16.2. The fourth-order valence-electron chi connectivity index (χ4n) is 1.79. The van der Waals surface area contributed by atoms with Crippen molar-refractivity contribution in [2.75, 3.05) is 0 Å². The molecule has 0 aliphatic rings. The van der Waals surface area contributed by atoms with Crippen molar-refractivity contribution >= 4 is 11.7 Å². The molecule has 1 heterocycles. The SMILES string of the molecule is O=C(CCC(=O)c1ccccc1)NCc1cccnc1. The van der Waals surface area contributed by atoms with Crippen molar-refractivity contribution in [3.05, 3.63) is 66.0 Å². The maximum Gasteiger partial charge on any atom is 0.220 e. The fourth-order valence-corrected chi connectivity index (χ4v) is 1.79. The van der Waals surface area contributed by atoms with Crippen molar-refractivity contribution in [2.45, 2.75) is 19.4 Å². The summed E-state index contributed by atoms with van der Waals surface area (Å²) in [7, 11) is 0. The Labute approximate surface area is 117 Å². The van der Waals surface area contributed by atoms with Gasteiger partial charge in [-0.15, -0.1) is 0 Å². The lowest BCUT2D eigenvalue weighted by molar-refractivity contribution is -0.121. The number of ketones is 1. The predicted octanol–water partition coefficient (Wildman–Crippen LogP) is 2.36. The van der Waals surface area contributed by atoms with Crippen LogP contribution in [0.4, 0.5) is 0 Å². The van der Waals surface area contributed by atoms with Gasteiger partial charge < -0.3 is 5.32 Å². The first-order valence-corrected chi connectivity index (χ1v) is 6.49. The van der Waals surface area contributed by atoms with E-state index in [0.717, 1.165) is 5.56 Å². The number of carbonyl (C=O) groups excluding carboxylic acids is 2. The third-order valence-corrected chi connectivity index (χ3v) is 2.89. The van der Waals surface area contributed by atoms with Crippen molar-refractivity contribution in [2.24, 2.45) is 0 Å². The predicted molar refractivity (Wildman–Crippen MR) is 76.1 cm³/mol. The van der Waals surface area contributed by atoms with Crippen LogP contribution in [0.15, 0.2) is 54.9 Å². The number of nitrogens with zero attached hydrogens (tertiary/aromatic N) is 1. The lowest BCUT2D eigenvalue weighted by atomic mass is 10.1. The Hall–Kier alpha value is -2.49. The average molecular weight is 268 g/mol. The van der Waals surface area contributed by atoms with Crippen LogP contribution in [0.5, 0.6) is 0 Å². The van der Waals surface area contributed by atoms with Crippen molar-refractivity contribution in [3.8, 4) is 0 Å². The van der Waals surface area contributed by atoms with Gasteiger partial charge in [0.05, 0.1) is 0 Å². The number of nitrogens with one attached hydrogen (secondary N) is 1. The summed E-state index contributed by atoms with van der Waals surface area (Å²) in [4.78, 5) is 27.5. The van der Waals surface area contributed by atoms with E-state index < -0.39 is 0 Å². The highest BCUT2D eigenvalue weighted by molar-refractivity contribution is 5.97. The lowest BCUT2D eigenvalue weighted by Crippen LogP contribution is -2.23. The number of carbonyl (C=O) groups is 2. The Bertz CT molecular complexity index is 568. The molecule has 4 nitrogen and oxygen atoms in total. The van der Waals surface area contributed by atoms with Gasteiger partial charge in [-0.3, -0.25) is 14.6 Å². The number of aromatic nitrogens is 1. The number of hydrogen-bond acceptors (Lipinski definition) is 3. The van der Waals surface area contributed by atoms with Gasteiger partial charge in [0.1, 0.15) is 0 Å². The molecule has 1 amide bonds. The summed E-state index contributed by atoms with van der Waals surface area (Å²) >= 11 is 0. The van der Waals surface area contributed by atoms with Gasteiger partial charge in [0, 0.05) is 37.3 Å². The molecule has 1 aromatic heterocycles. The minimum absolute atomic E-state index is 0.0119. The van der Waals surface area contributed by atoms with Crippen molar-refractivity contribution in [1.82, 2.24) is 10.3 Å². The Morgan fingerprint density at radius 3 is 2.50 bits per heavy atom. The van der Waals surface area contributed by atoms with Crippen LogP contribution in [0.1, 0.15) is 28.8 Å². The van der Waals surface area contributed by atoms with E-state index in [9.17, 15) is 9.59 Å². The summed E-state index contributed by atoms with van der Waals surface area (Å²) in [6.45, 7) is 0.437. The van der Waals surface area contributed by atoms with E-state index in [4.69, 9.17) is 0 Å². The third kappa shape index (κ3) is 4.31. The topological polar surface area (TPSA) is 59.1 Å². The van der Waals surface area contributed by atoms with E-state index in [2.05, 4.69) is 10.3 Å². The van der Waals surface area contributed by atoms with E-state index in [-0.39, 0.29) is 24.5 Å². The second-order valence-corrected chi connectivity index (χ2v) is 4.43. The van der Waals surface area contributed by atoms with Gasteiger partial charge >= 0.3 is 0 Å². The van der Waals surface area contributed by atoms with Gasteiger partial charge in [0.15, 0.2) is 5.78 Å². The monoisotopic (exact) mass is 268 g/mol. The van der Waals surface area contributed by atoms with Gasteiger partial charge in [0.25, 0.3) is 0 Å². The highest BCUT2D eigenvalue weighted by Gasteiger charge is 2.08. The molecular weight excluding hydrogens is 252 g/mol. The minimum Gasteiger partial charge on any atom is -0.352 e. The number of rotatable bonds is 6. The molecule has 0 aliphatic carbocycles. The third-order valence-electron chi connectivity index (χ3n) is 2.89.